The Morgan fingerprint density at radius 1 is 1.00 bits per heavy atom. The maximum Gasteiger partial charge on any atom is 0.245 e. The zero-order chi connectivity index (χ0) is 14.5. The highest BCUT2D eigenvalue weighted by Gasteiger charge is 2.07. The summed E-state index contributed by atoms with van der Waals surface area (Å²) in [6.45, 7) is 0.493. The molecule has 0 unspecified atom stereocenters. The fourth-order valence-electron chi connectivity index (χ4n) is 1.96. The summed E-state index contributed by atoms with van der Waals surface area (Å²) in [6.07, 6.45) is 0.578. The average molecular weight is 281 g/mol. The fraction of sp³-hybridized carbons (Fsp3) is 0.125. The lowest BCUT2D eigenvalue weighted by Gasteiger charge is -2.01. The van der Waals surface area contributed by atoms with E-state index >= 15 is 0 Å². The Balaban J connectivity index is 1.59. The summed E-state index contributed by atoms with van der Waals surface area (Å²) in [6, 6.07) is 16.8. The molecule has 3 aromatic rings. The highest BCUT2D eigenvalue weighted by atomic mass is 16.5. The van der Waals surface area contributed by atoms with Crippen molar-refractivity contribution in [2.24, 2.45) is 0 Å². The summed E-state index contributed by atoms with van der Waals surface area (Å²) in [7, 11) is 0. The minimum atomic E-state index is 0.250. The summed E-state index contributed by atoms with van der Waals surface area (Å²) in [5, 5.41) is 16.4. The number of anilines is 1. The summed E-state index contributed by atoms with van der Waals surface area (Å²) in [5.41, 5.74) is 2.03. The molecule has 3 rings (SSSR count). The van der Waals surface area contributed by atoms with Crippen LogP contribution >= 0.6 is 0 Å². The number of para-hydroxylation sites is 1. The molecule has 1 heterocycles. The number of hydrogen-bond acceptors (Lipinski definition) is 5. The Morgan fingerprint density at radius 2 is 1.76 bits per heavy atom. The lowest BCUT2D eigenvalue weighted by molar-refractivity contribution is 0.378. The molecule has 21 heavy (non-hydrogen) atoms. The molecule has 5 heteroatoms. The second kappa shape index (κ2) is 6.09. The molecular formula is C16H15N3O2. The Kier molecular flexibility index (Phi) is 3.82. The summed E-state index contributed by atoms with van der Waals surface area (Å²) < 4.78 is 5.21. The van der Waals surface area contributed by atoms with Gasteiger partial charge >= 0.3 is 0 Å². The Labute approximate surface area is 122 Å². The van der Waals surface area contributed by atoms with Gasteiger partial charge in [0.2, 0.25) is 5.89 Å². The van der Waals surface area contributed by atoms with Crippen LogP contribution in [-0.2, 0) is 13.0 Å². The van der Waals surface area contributed by atoms with Crippen molar-refractivity contribution in [2.75, 3.05) is 5.32 Å². The van der Waals surface area contributed by atoms with E-state index in [4.69, 9.17) is 4.52 Å². The van der Waals surface area contributed by atoms with Crippen LogP contribution in [0.15, 0.2) is 59.1 Å². The van der Waals surface area contributed by atoms with Crippen molar-refractivity contribution < 1.29 is 9.63 Å². The van der Waals surface area contributed by atoms with Gasteiger partial charge in [-0.15, -0.1) is 0 Å². The quantitative estimate of drug-likeness (QED) is 0.752. The molecule has 1 aromatic heterocycles. The SMILES string of the molecule is Oc1ccc(Cc2noc(CNc3ccccc3)n2)cc1. The fourth-order valence-corrected chi connectivity index (χ4v) is 1.96. The third kappa shape index (κ3) is 3.60. The minimum Gasteiger partial charge on any atom is -0.508 e. The van der Waals surface area contributed by atoms with Gasteiger partial charge in [0, 0.05) is 12.1 Å². The predicted molar refractivity (Wildman–Crippen MR) is 79.0 cm³/mol. The molecule has 5 nitrogen and oxygen atoms in total. The monoisotopic (exact) mass is 281 g/mol. The van der Waals surface area contributed by atoms with Gasteiger partial charge in [0.25, 0.3) is 0 Å². The Morgan fingerprint density at radius 3 is 2.52 bits per heavy atom. The molecule has 0 atom stereocenters. The number of phenolic OH excluding ortho intramolecular Hbond substituents is 1. The van der Waals surface area contributed by atoms with Crippen LogP contribution in [0, 0.1) is 0 Å². The predicted octanol–water partition coefficient (Wildman–Crippen LogP) is 2.98. The van der Waals surface area contributed by atoms with E-state index in [1.165, 1.54) is 0 Å². The van der Waals surface area contributed by atoms with Gasteiger partial charge < -0.3 is 14.9 Å². The van der Waals surface area contributed by atoms with Crippen LogP contribution in [0.4, 0.5) is 5.69 Å². The van der Waals surface area contributed by atoms with E-state index in [1.54, 1.807) is 12.1 Å². The maximum absolute atomic E-state index is 9.25. The molecule has 0 bridgehead atoms. The number of aromatic hydroxyl groups is 1. The van der Waals surface area contributed by atoms with E-state index < -0.39 is 0 Å². The summed E-state index contributed by atoms with van der Waals surface area (Å²) in [4.78, 5) is 4.34. The van der Waals surface area contributed by atoms with Crippen LogP contribution in [0.1, 0.15) is 17.3 Å². The van der Waals surface area contributed by atoms with Gasteiger partial charge in [-0.25, -0.2) is 0 Å². The molecule has 106 valence electrons. The van der Waals surface area contributed by atoms with Gasteiger partial charge in [-0.1, -0.05) is 35.5 Å². The van der Waals surface area contributed by atoms with Crippen LogP contribution in [0.5, 0.6) is 5.75 Å². The molecule has 2 aromatic carbocycles. The van der Waals surface area contributed by atoms with Crippen LogP contribution in [0.25, 0.3) is 0 Å². The molecule has 0 amide bonds. The van der Waals surface area contributed by atoms with E-state index in [0.29, 0.717) is 24.7 Å². The largest absolute Gasteiger partial charge is 0.508 e. The molecule has 2 N–H and O–H groups in total. The van der Waals surface area contributed by atoms with Crippen molar-refractivity contribution >= 4 is 5.69 Å². The van der Waals surface area contributed by atoms with Crippen LogP contribution in [0.2, 0.25) is 0 Å². The number of nitrogens with one attached hydrogen (secondary N) is 1. The average Bonchev–Trinajstić information content (AvgIpc) is 2.96. The normalized spacial score (nSPS) is 10.5. The van der Waals surface area contributed by atoms with E-state index in [9.17, 15) is 5.11 Å². The van der Waals surface area contributed by atoms with Gasteiger partial charge in [-0.3, -0.25) is 0 Å². The molecule has 0 aliphatic heterocycles. The molecule has 0 spiro atoms. The zero-order valence-corrected chi connectivity index (χ0v) is 11.4. The highest BCUT2D eigenvalue weighted by Crippen LogP contribution is 2.13. The smallest absolute Gasteiger partial charge is 0.245 e. The van der Waals surface area contributed by atoms with Crippen molar-refractivity contribution in [3.05, 3.63) is 71.9 Å². The molecule has 0 saturated heterocycles. The number of aromatic nitrogens is 2. The van der Waals surface area contributed by atoms with Crippen molar-refractivity contribution in [1.29, 1.82) is 0 Å². The van der Waals surface area contributed by atoms with Crippen molar-refractivity contribution in [2.45, 2.75) is 13.0 Å². The van der Waals surface area contributed by atoms with Gasteiger partial charge in [-0.2, -0.15) is 4.98 Å². The second-order valence-corrected chi connectivity index (χ2v) is 4.67. The van der Waals surface area contributed by atoms with Crippen molar-refractivity contribution in [1.82, 2.24) is 10.1 Å². The van der Waals surface area contributed by atoms with Gasteiger partial charge in [0.1, 0.15) is 5.75 Å². The molecule has 0 aliphatic rings. The maximum atomic E-state index is 9.25. The minimum absolute atomic E-state index is 0.250. The highest BCUT2D eigenvalue weighted by molar-refractivity contribution is 5.42. The first kappa shape index (κ1) is 13.2. The molecule has 0 saturated carbocycles. The number of hydrogen-bond donors (Lipinski definition) is 2. The van der Waals surface area contributed by atoms with Crippen LogP contribution < -0.4 is 5.32 Å². The number of phenols is 1. The van der Waals surface area contributed by atoms with Gasteiger partial charge in [0.15, 0.2) is 5.82 Å². The molecule has 0 fully saturated rings. The Hall–Kier alpha value is -2.82. The molecule has 0 aliphatic carbocycles. The lowest BCUT2D eigenvalue weighted by atomic mass is 10.1. The van der Waals surface area contributed by atoms with E-state index in [1.807, 2.05) is 42.5 Å². The third-order valence-electron chi connectivity index (χ3n) is 3.03. The first-order valence-corrected chi connectivity index (χ1v) is 6.68. The number of nitrogens with zero attached hydrogens (tertiary/aromatic N) is 2. The van der Waals surface area contributed by atoms with E-state index in [2.05, 4.69) is 15.5 Å². The van der Waals surface area contributed by atoms with Gasteiger partial charge in [-0.05, 0) is 29.8 Å². The number of rotatable bonds is 5. The van der Waals surface area contributed by atoms with Crippen molar-refractivity contribution in [3.63, 3.8) is 0 Å². The van der Waals surface area contributed by atoms with Gasteiger partial charge in [0.05, 0.1) is 6.54 Å². The van der Waals surface area contributed by atoms with Crippen molar-refractivity contribution in [3.8, 4) is 5.75 Å². The molecular weight excluding hydrogens is 266 g/mol. The first-order valence-electron chi connectivity index (χ1n) is 6.68. The summed E-state index contributed by atoms with van der Waals surface area (Å²) >= 11 is 0. The van der Waals surface area contributed by atoms with E-state index in [0.717, 1.165) is 11.3 Å². The second-order valence-electron chi connectivity index (χ2n) is 4.67. The van der Waals surface area contributed by atoms with Crippen LogP contribution in [0.3, 0.4) is 0 Å². The lowest BCUT2D eigenvalue weighted by Crippen LogP contribution is -1.99. The Bertz CT molecular complexity index is 693. The van der Waals surface area contributed by atoms with Crippen LogP contribution in [-0.4, -0.2) is 15.2 Å². The number of benzene rings is 2. The third-order valence-corrected chi connectivity index (χ3v) is 3.03. The summed E-state index contributed by atoms with van der Waals surface area (Å²) in [5.74, 6) is 1.43. The molecule has 0 radical (unpaired) electrons. The topological polar surface area (TPSA) is 71.2 Å². The zero-order valence-electron chi connectivity index (χ0n) is 11.4. The standard InChI is InChI=1S/C16H15N3O2/c20-14-8-6-12(7-9-14)10-15-18-16(21-19-15)11-17-13-4-2-1-3-5-13/h1-9,17,20H,10-11H2. The van der Waals surface area contributed by atoms with E-state index in [-0.39, 0.29) is 5.75 Å². The first-order chi connectivity index (χ1) is 10.3.